The van der Waals surface area contributed by atoms with Crippen molar-refractivity contribution >= 4 is 17.9 Å². The van der Waals surface area contributed by atoms with E-state index in [1.807, 2.05) is 0 Å². The van der Waals surface area contributed by atoms with E-state index in [9.17, 15) is 14.4 Å². The maximum atomic E-state index is 12.8. The summed E-state index contributed by atoms with van der Waals surface area (Å²) >= 11 is 0. The van der Waals surface area contributed by atoms with Gasteiger partial charge >= 0.3 is 17.9 Å². The fourth-order valence-corrected chi connectivity index (χ4v) is 8.21. The molecule has 370 valence electrons. The van der Waals surface area contributed by atoms with E-state index in [-0.39, 0.29) is 31.1 Å². The highest BCUT2D eigenvalue weighted by Crippen LogP contribution is 2.16. The van der Waals surface area contributed by atoms with Gasteiger partial charge in [-0.2, -0.15) is 0 Å². The maximum Gasteiger partial charge on any atom is 0.306 e. The van der Waals surface area contributed by atoms with Gasteiger partial charge in [-0.25, -0.2) is 0 Å². The average Bonchev–Trinajstić information content (AvgIpc) is 3.28. The summed E-state index contributed by atoms with van der Waals surface area (Å²) in [6.07, 6.45) is 60.3. The van der Waals surface area contributed by atoms with Crippen LogP contribution in [0.4, 0.5) is 0 Å². The van der Waals surface area contributed by atoms with Crippen LogP contribution in [0.2, 0.25) is 0 Å². The molecule has 6 nitrogen and oxygen atoms in total. The van der Waals surface area contributed by atoms with Crippen molar-refractivity contribution in [2.24, 2.45) is 0 Å². The second-order valence-electron chi connectivity index (χ2n) is 18.8. The molecule has 1 unspecified atom stereocenters. The van der Waals surface area contributed by atoms with Crippen molar-refractivity contribution in [1.82, 2.24) is 0 Å². The van der Waals surface area contributed by atoms with Crippen molar-refractivity contribution in [1.29, 1.82) is 0 Å². The molecular formula is C57H106O6. The molecule has 0 heterocycles. The van der Waals surface area contributed by atoms with Crippen molar-refractivity contribution in [2.75, 3.05) is 13.2 Å². The van der Waals surface area contributed by atoms with Gasteiger partial charge in [0.2, 0.25) is 0 Å². The van der Waals surface area contributed by atoms with Gasteiger partial charge < -0.3 is 14.2 Å². The Balaban J connectivity index is 4.28. The van der Waals surface area contributed by atoms with Crippen molar-refractivity contribution in [3.63, 3.8) is 0 Å². The van der Waals surface area contributed by atoms with Crippen LogP contribution in [-0.4, -0.2) is 37.2 Å². The van der Waals surface area contributed by atoms with E-state index < -0.39 is 6.10 Å². The maximum absolute atomic E-state index is 12.8. The van der Waals surface area contributed by atoms with Gasteiger partial charge in [-0.1, -0.05) is 244 Å². The van der Waals surface area contributed by atoms with Crippen molar-refractivity contribution in [3.8, 4) is 0 Å². The Morgan fingerprint density at radius 1 is 0.302 bits per heavy atom. The molecule has 1 atom stereocenters. The third-order valence-electron chi connectivity index (χ3n) is 12.4. The molecule has 0 amide bonds. The van der Waals surface area contributed by atoms with Crippen molar-refractivity contribution < 1.29 is 28.6 Å². The Kier molecular flexibility index (Phi) is 50.8. The molecule has 0 rings (SSSR count). The Morgan fingerprint density at radius 3 is 0.857 bits per heavy atom. The van der Waals surface area contributed by atoms with Crippen LogP contribution in [0, 0.1) is 0 Å². The van der Waals surface area contributed by atoms with Gasteiger partial charge in [-0.15, -0.1) is 0 Å². The smallest absolute Gasteiger partial charge is 0.306 e. The molecule has 0 aromatic heterocycles. The molecule has 0 fully saturated rings. The van der Waals surface area contributed by atoms with Crippen LogP contribution in [0.5, 0.6) is 0 Å². The first-order valence-electron chi connectivity index (χ1n) is 27.8. The zero-order chi connectivity index (χ0) is 45.8. The highest BCUT2D eigenvalue weighted by atomic mass is 16.6. The average molecular weight is 887 g/mol. The minimum Gasteiger partial charge on any atom is -0.462 e. The molecule has 0 aliphatic rings. The van der Waals surface area contributed by atoms with E-state index in [4.69, 9.17) is 14.2 Å². The summed E-state index contributed by atoms with van der Waals surface area (Å²) in [6, 6.07) is 0. The number of hydrogen-bond donors (Lipinski definition) is 0. The zero-order valence-electron chi connectivity index (χ0n) is 42.4. The van der Waals surface area contributed by atoms with Crippen molar-refractivity contribution in [3.05, 3.63) is 24.3 Å². The molecule has 0 aliphatic carbocycles. The van der Waals surface area contributed by atoms with Crippen LogP contribution in [0.15, 0.2) is 24.3 Å². The highest BCUT2D eigenvalue weighted by molar-refractivity contribution is 5.71. The number of rotatable bonds is 51. The summed E-state index contributed by atoms with van der Waals surface area (Å²) in [5, 5.41) is 0. The molecule has 0 saturated heterocycles. The summed E-state index contributed by atoms with van der Waals surface area (Å²) in [6.45, 7) is 6.60. The van der Waals surface area contributed by atoms with Crippen LogP contribution in [0.1, 0.15) is 303 Å². The Labute approximate surface area is 392 Å². The third kappa shape index (κ3) is 50.7. The van der Waals surface area contributed by atoms with Crippen LogP contribution in [-0.2, 0) is 28.6 Å². The molecule has 0 radical (unpaired) electrons. The monoisotopic (exact) mass is 887 g/mol. The molecule has 0 aromatic carbocycles. The predicted molar refractivity (Wildman–Crippen MR) is 270 cm³/mol. The van der Waals surface area contributed by atoms with E-state index in [0.29, 0.717) is 19.3 Å². The number of allylic oxidation sites excluding steroid dienone is 4. The Morgan fingerprint density at radius 2 is 0.556 bits per heavy atom. The first-order valence-corrected chi connectivity index (χ1v) is 27.8. The quantitative estimate of drug-likeness (QED) is 0.0262. The fraction of sp³-hybridized carbons (Fsp3) is 0.877. The lowest BCUT2D eigenvalue weighted by atomic mass is 10.0. The van der Waals surface area contributed by atoms with Gasteiger partial charge in [-0.3, -0.25) is 14.4 Å². The molecule has 0 saturated carbocycles. The molecule has 0 aliphatic heterocycles. The van der Waals surface area contributed by atoms with Crippen LogP contribution in [0.25, 0.3) is 0 Å². The second-order valence-corrected chi connectivity index (χ2v) is 18.8. The minimum atomic E-state index is -0.772. The highest BCUT2D eigenvalue weighted by Gasteiger charge is 2.19. The first kappa shape index (κ1) is 60.9. The number of esters is 3. The minimum absolute atomic E-state index is 0.0716. The molecule has 0 N–H and O–H groups in total. The summed E-state index contributed by atoms with van der Waals surface area (Å²) in [5.74, 6) is -0.871. The number of hydrogen-bond acceptors (Lipinski definition) is 6. The number of ether oxygens (including phenoxy) is 3. The topological polar surface area (TPSA) is 78.9 Å². The molecule has 0 aromatic rings. The summed E-state index contributed by atoms with van der Waals surface area (Å²) in [4.78, 5) is 38.0. The molecule has 0 bridgehead atoms. The first-order chi connectivity index (χ1) is 31.0. The lowest BCUT2D eigenvalue weighted by Gasteiger charge is -2.18. The van der Waals surface area contributed by atoms with E-state index in [0.717, 1.165) is 70.6 Å². The lowest BCUT2D eigenvalue weighted by molar-refractivity contribution is -0.167. The van der Waals surface area contributed by atoms with Gasteiger partial charge in [0, 0.05) is 19.3 Å². The largest absolute Gasteiger partial charge is 0.462 e. The normalized spacial score (nSPS) is 12.1. The number of carbonyl (C=O) groups excluding carboxylic acids is 3. The zero-order valence-corrected chi connectivity index (χ0v) is 42.4. The Hall–Kier alpha value is -2.11. The van der Waals surface area contributed by atoms with Gasteiger partial charge in [0.25, 0.3) is 0 Å². The summed E-state index contributed by atoms with van der Waals surface area (Å²) < 4.78 is 16.8. The van der Waals surface area contributed by atoms with Gasteiger partial charge in [0.1, 0.15) is 13.2 Å². The van der Waals surface area contributed by atoms with Gasteiger partial charge in [0.05, 0.1) is 0 Å². The fourth-order valence-electron chi connectivity index (χ4n) is 8.21. The molecular weight excluding hydrogens is 781 g/mol. The SMILES string of the molecule is CCC/C=C\CCCCCCCC(=O)OCC(COC(=O)CCCCCCCCCCCCCCCCCCCC)OC(=O)CCCCCCCCC/C=C\CCCCCCCC. The van der Waals surface area contributed by atoms with E-state index in [1.165, 1.54) is 193 Å². The second kappa shape index (κ2) is 52.5. The number of carbonyl (C=O) groups is 3. The predicted octanol–water partition coefficient (Wildman–Crippen LogP) is 18.3. The lowest BCUT2D eigenvalue weighted by Crippen LogP contribution is -2.30. The van der Waals surface area contributed by atoms with E-state index in [1.54, 1.807) is 0 Å². The number of unbranched alkanes of at least 4 members (excludes halogenated alkanes) is 36. The van der Waals surface area contributed by atoms with Gasteiger partial charge in [-0.05, 0) is 64.2 Å². The Bertz CT molecular complexity index is 1020. The van der Waals surface area contributed by atoms with Crippen LogP contribution in [0.3, 0.4) is 0 Å². The molecule has 0 spiro atoms. The third-order valence-corrected chi connectivity index (χ3v) is 12.4. The standard InChI is InChI=1S/C57H106O6/c1-4-7-10-13-16-19-22-24-26-28-30-31-33-35-38-41-44-47-50-56(59)62-53-54(52-61-55(58)49-46-43-40-37-21-18-15-12-9-6-3)63-57(60)51-48-45-42-39-36-34-32-29-27-25-23-20-17-14-11-8-5-2/h12,15,25,27,54H,4-11,13-14,16-24,26,28-53H2,1-3H3/b15-12-,27-25-. The van der Waals surface area contributed by atoms with E-state index in [2.05, 4.69) is 45.1 Å². The molecule has 6 heteroatoms. The van der Waals surface area contributed by atoms with Gasteiger partial charge in [0.15, 0.2) is 6.10 Å². The van der Waals surface area contributed by atoms with Crippen molar-refractivity contribution in [2.45, 2.75) is 309 Å². The van der Waals surface area contributed by atoms with Crippen LogP contribution >= 0.6 is 0 Å². The summed E-state index contributed by atoms with van der Waals surface area (Å²) in [7, 11) is 0. The molecule has 63 heavy (non-hydrogen) atoms. The van der Waals surface area contributed by atoms with E-state index >= 15 is 0 Å². The summed E-state index contributed by atoms with van der Waals surface area (Å²) in [5.41, 5.74) is 0. The van der Waals surface area contributed by atoms with Crippen LogP contribution < -0.4 is 0 Å².